The van der Waals surface area contributed by atoms with Crippen LogP contribution in [0.2, 0.25) is 0 Å². The van der Waals surface area contributed by atoms with Gasteiger partial charge in [-0.05, 0) is 24.7 Å². The molecule has 14 heavy (non-hydrogen) atoms. The quantitative estimate of drug-likeness (QED) is 0.619. The Hall–Kier alpha value is -0.350. The van der Waals surface area contributed by atoms with Crippen molar-refractivity contribution in [1.82, 2.24) is 9.97 Å². The summed E-state index contributed by atoms with van der Waals surface area (Å²) in [7, 11) is 0. The molecule has 1 heterocycles. The highest BCUT2D eigenvalue weighted by molar-refractivity contribution is 7.98. The molecule has 2 nitrogen and oxygen atoms in total. The lowest BCUT2D eigenvalue weighted by Gasteiger charge is -2.03. The molecule has 1 rings (SSSR count). The molecule has 1 N–H and O–H groups in total. The van der Waals surface area contributed by atoms with Crippen LogP contribution in [0.15, 0.2) is 6.07 Å². The van der Waals surface area contributed by atoms with E-state index in [-0.39, 0.29) is 0 Å². The maximum atomic E-state index is 5.09. The second kappa shape index (κ2) is 6.19. The monoisotopic (exact) mass is 228 g/mol. The van der Waals surface area contributed by atoms with Crippen molar-refractivity contribution in [2.75, 3.05) is 5.75 Å². The fraction of sp³-hybridized carbons (Fsp3) is 0.600. The third kappa shape index (κ3) is 3.80. The highest BCUT2D eigenvalue weighted by atomic mass is 32.2. The van der Waals surface area contributed by atoms with Gasteiger partial charge in [-0.1, -0.05) is 26.1 Å². The maximum Gasteiger partial charge on any atom is 0.130 e. The normalized spacial score (nSPS) is 10.4. The van der Waals surface area contributed by atoms with Gasteiger partial charge in [-0.15, -0.1) is 0 Å². The van der Waals surface area contributed by atoms with Crippen LogP contribution in [0.1, 0.15) is 31.8 Å². The van der Waals surface area contributed by atoms with E-state index in [1.165, 1.54) is 17.9 Å². The summed E-state index contributed by atoms with van der Waals surface area (Å²) in [6.07, 6.45) is 2.19. The first kappa shape index (κ1) is 11.7. The predicted octanol–water partition coefficient (Wildman–Crippen LogP) is 3.34. The molecule has 0 saturated heterocycles. The number of rotatable bonds is 5. The Morgan fingerprint density at radius 3 is 2.93 bits per heavy atom. The van der Waals surface area contributed by atoms with Crippen LogP contribution < -0.4 is 0 Å². The van der Waals surface area contributed by atoms with Crippen LogP contribution in [0.4, 0.5) is 0 Å². The van der Waals surface area contributed by atoms with Crippen LogP contribution in [0.25, 0.3) is 0 Å². The SMILES string of the molecule is CCCSCc1nc(=S)cc(CC)[nH]1. The summed E-state index contributed by atoms with van der Waals surface area (Å²) in [5, 5.41) is 0. The van der Waals surface area contributed by atoms with Crippen molar-refractivity contribution in [2.24, 2.45) is 0 Å². The number of H-pyrrole nitrogens is 1. The van der Waals surface area contributed by atoms with Crippen LogP contribution in [-0.2, 0) is 12.2 Å². The van der Waals surface area contributed by atoms with Gasteiger partial charge in [0.05, 0.1) is 5.75 Å². The molecular formula is C10H16N2S2. The van der Waals surface area contributed by atoms with Crippen molar-refractivity contribution in [1.29, 1.82) is 0 Å². The smallest absolute Gasteiger partial charge is 0.130 e. The van der Waals surface area contributed by atoms with Crippen molar-refractivity contribution in [3.63, 3.8) is 0 Å². The highest BCUT2D eigenvalue weighted by Crippen LogP contribution is 2.10. The zero-order valence-electron chi connectivity index (χ0n) is 8.67. The van der Waals surface area contributed by atoms with Gasteiger partial charge in [0.1, 0.15) is 10.5 Å². The Kier molecular flexibility index (Phi) is 5.19. The van der Waals surface area contributed by atoms with E-state index in [1.54, 1.807) is 0 Å². The molecule has 1 aromatic heterocycles. The summed E-state index contributed by atoms with van der Waals surface area (Å²) in [5.41, 5.74) is 1.18. The first-order valence-electron chi connectivity index (χ1n) is 4.93. The summed E-state index contributed by atoms with van der Waals surface area (Å²) < 4.78 is 0.702. The minimum absolute atomic E-state index is 0.702. The lowest BCUT2D eigenvalue weighted by Crippen LogP contribution is -1.97. The second-order valence-electron chi connectivity index (χ2n) is 3.10. The number of nitrogens with one attached hydrogen (secondary N) is 1. The molecule has 0 aliphatic carbocycles. The number of hydrogen-bond donors (Lipinski definition) is 1. The third-order valence-electron chi connectivity index (χ3n) is 1.82. The lowest BCUT2D eigenvalue weighted by molar-refractivity contribution is 0.932. The van der Waals surface area contributed by atoms with Crippen LogP contribution in [0, 0.1) is 4.64 Å². The zero-order valence-corrected chi connectivity index (χ0v) is 10.3. The Labute approximate surface area is 94.5 Å². The molecule has 0 saturated carbocycles. The number of nitrogens with zero attached hydrogens (tertiary/aromatic N) is 1. The van der Waals surface area contributed by atoms with Crippen molar-refractivity contribution >= 4 is 24.0 Å². The predicted molar refractivity (Wildman–Crippen MR) is 65.3 cm³/mol. The van der Waals surface area contributed by atoms with Crippen molar-refractivity contribution in [3.8, 4) is 0 Å². The molecule has 0 unspecified atom stereocenters. The molecule has 0 aromatic carbocycles. The fourth-order valence-electron chi connectivity index (χ4n) is 1.14. The molecule has 0 bridgehead atoms. The van der Waals surface area contributed by atoms with Crippen molar-refractivity contribution in [2.45, 2.75) is 32.4 Å². The molecule has 0 atom stereocenters. The molecule has 0 radical (unpaired) electrons. The molecule has 0 spiro atoms. The van der Waals surface area contributed by atoms with Gasteiger partial charge in [0.25, 0.3) is 0 Å². The molecule has 78 valence electrons. The molecule has 4 heteroatoms. The maximum absolute atomic E-state index is 5.09. The zero-order chi connectivity index (χ0) is 10.4. The third-order valence-corrected chi connectivity index (χ3v) is 3.20. The van der Waals surface area contributed by atoms with Crippen LogP contribution in [0.5, 0.6) is 0 Å². The van der Waals surface area contributed by atoms with Crippen LogP contribution in [-0.4, -0.2) is 15.7 Å². The molecular weight excluding hydrogens is 212 g/mol. The number of hydrogen-bond acceptors (Lipinski definition) is 3. The molecule has 0 fully saturated rings. The van der Waals surface area contributed by atoms with E-state index in [0.29, 0.717) is 4.64 Å². The number of aryl methyl sites for hydroxylation is 1. The average Bonchev–Trinajstić information content (AvgIpc) is 2.17. The standard InChI is InChI=1S/C10H16N2S2/c1-3-5-14-7-9-11-8(4-2)6-10(13)12-9/h6H,3-5,7H2,1-2H3,(H,11,12,13). The first-order valence-corrected chi connectivity index (χ1v) is 6.49. The van der Waals surface area contributed by atoms with Gasteiger partial charge in [-0.3, -0.25) is 0 Å². The Morgan fingerprint density at radius 2 is 2.29 bits per heavy atom. The van der Waals surface area contributed by atoms with Gasteiger partial charge < -0.3 is 4.98 Å². The summed E-state index contributed by atoms with van der Waals surface area (Å²) >= 11 is 6.99. The molecule has 0 amide bonds. The van der Waals surface area contributed by atoms with E-state index < -0.39 is 0 Å². The van der Waals surface area contributed by atoms with Crippen LogP contribution in [0.3, 0.4) is 0 Å². The summed E-state index contributed by atoms with van der Waals surface area (Å²) in [6.45, 7) is 4.30. The van der Waals surface area contributed by atoms with Gasteiger partial charge in [-0.2, -0.15) is 11.8 Å². The first-order chi connectivity index (χ1) is 6.76. The van der Waals surface area contributed by atoms with Gasteiger partial charge >= 0.3 is 0 Å². The van der Waals surface area contributed by atoms with E-state index in [2.05, 4.69) is 23.8 Å². The van der Waals surface area contributed by atoms with Crippen LogP contribution >= 0.6 is 24.0 Å². The van der Waals surface area contributed by atoms with Gasteiger partial charge in [0, 0.05) is 5.69 Å². The van der Waals surface area contributed by atoms with E-state index in [0.717, 1.165) is 18.0 Å². The molecule has 0 aliphatic heterocycles. The van der Waals surface area contributed by atoms with Gasteiger partial charge in [-0.25, -0.2) is 4.98 Å². The minimum Gasteiger partial charge on any atom is -0.346 e. The summed E-state index contributed by atoms with van der Waals surface area (Å²) in [5.74, 6) is 3.12. The second-order valence-corrected chi connectivity index (χ2v) is 4.62. The minimum atomic E-state index is 0.702. The number of thioether (sulfide) groups is 1. The summed E-state index contributed by atoms with van der Waals surface area (Å²) in [4.78, 5) is 7.59. The summed E-state index contributed by atoms with van der Waals surface area (Å²) in [6, 6.07) is 1.93. The largest absolute Gasteiger partial charge is 0.346 e. The molecule has 0 aliphatic rings. The average molecular weight is 228 g/mol. The van der Waals surface area contributed by atoms with E-state index in [1.807, 2.05) is 17.8 Å². The lowest BCUT2D eigenvalue weighted by atomic mass is 10.3. The topological polar surface area (TPSA) is 28.7 Å². The molecule has 1 aromatic rings. The van der Waals surface area contributed by atoms with Gasteiger partial charge in [0.15, 0.2) is 0 Å². The van der Waals surface area contributed by atoms with Gasteiger partial charge in [0.2, 0.25) is 0 Å². The Balaban J connectivity index is 2.67. The van der Waals surface area contributed by atoms with Crippen molar-refractivity contribution in [3.05, 3.63) is 22.2 Å². The van der Waals surface area contributed by atoms with E-state index in [4.69, 9.17) is 12.2 Å². The van der Waals surface area contributed by atoms with Crippen molar-refractivity contribution < 1.29 is 0 Å². The number of aromatic amines is 1. The Bertz CT molecular complexity index is 333. The highest BCUT2D eigenvalue weighted by Gasteiger charge is 1.97. The Morgan fingerprint density at radius 1 is 1.50 bits per heavy atom. The number of aromatic nitrogens is 2. The fourth-order valence-corrected chi connectivity index (χ4v) is 2.15. The van der Waals surface area contributed by atoms with E-state index in [9.17, 15) is 0 Å². The van der Waals surface area contributed by atoms with E-state index >= 15 is 0 Å².